The van der Waals surface area contributed by atoms with Gasteiger partial charge in [0.05, 0.1) is 49.6 Å². The number of carbonyl (C=O) groups excluding carboxylic acids is 4. The Kier molecular flexibility index (Phi) is 12.0. The van der Waals surface area contributed by atoms with Gasteiger partial charge in [-0.1, -0.05) is 45.9 Å². The Hall–Kier alpha value is -6.16. The van der Waals surface area contributed by atoms with Crippen LogP contribution in [0.2, 0.25) is 0 Å². The van der Waals surface area contributed by atoms with Gasteiger partial charge in [0, 0.05) is 53.7 Å². The Morgan fingerprint density at radius 1 is 0.815 bits per heavy atom. The van der Waals surface area contributed by atoms with E-state index in [0.29, 0.717) is 37.9 Å². The number of imidazole rings is 2. The van der Waals surface area contributed by atoms with Crippen molar-refractivity contribution < 1.29 is 38.1 Å². The monoisotopic (exact) mass is 888 g/mol. The molecule has 16 nitrogen and oxygen atoms in total. The molecular weight excluding hydrogens is 829 g/mol. The first-order chi connectivity index (χ1) is 31.3. The first-order valence-corrected chi connectivity index (χ1v) is 22.9. The highest BCUT2D eigenvalue weighted by molar-refractivity contribution is 6.07. The van der Waals surface area contributed by atoms with E-state index in [9.17, 15) is 19.2 Å². The summed E-state index contributed by atoms with van der Waals surface area (Å²) in [7, 11) is 4.27. The average Bonchev–Trinajstić information content (AvgIpc) is 3.59. The van der Waals surface area contributed by atoms with Gasteiger partial charge in [0.2, 0.25) is 11.8 Å². The second kappa shape index (κ2) is 17.7. The molecule has 3 aromatic carbocycles. The van der Waals surface area contributed by atoms with E-state index in [2.05, 4.69) is 57.0 Å². The zero-order valence-electron chi connectivity index (χ0n) is 38.4. The Morgan fingerprint density at radius 2 is 1.52 bits per heavy atom. The van der Waals surface area contributed by atoms with Gasteiger partial charge >= 0.3 is 12.2 Å². The highest BCUT2D eigenvalue weighted by Crippen LogP contribution is 2.48. The molecule has 2 saturated heterocycles. The molecule has 5 heterocycles. The van der Waals surface area contributed by atoms with E-state index in [1.807, 2.05) is 50.5 Å². The summed E-state index contributed by atoms with van der Waals surface area (Å²) in [4.78, 5) is 74.1. The number of H-pyrrole nitrogens is 2. The fraction of sp³-hybridized carbons (Fsp3) is 0.510. The summed E-state index contributed by atoms with van der Waals surface area (Å²) < 4.78 is 21.8. The second-order valence-corrected chi connectivity index (χ2v) is 18.9. The number of methoxy groups -OCH3 is 3. The summed E-state index contributed by atoms with van der Waals surface area (Å²) in [6.07, 6.45) is 3.10. The summed E-state index contributed by atoms with van der Waals surface area (Å²) in [5.41, 5.74) is 7.77. The Labute approximate surface area is 378 Å². The van der Waals surface area contributed by atoms with E-state index in [4.69, 9.17) is 28.9 Å². The largest absolute Gasteiger partial charge is 0.488 e. The van der Waals surface area contributed by atoms with Crippen LogP contribution in [0.4, 0.5) is 9.59 Å². The predicted molar refractivity (Wildman–Crippen MR) is 244 cm³/mol. The quantitative estimate of drug-likeness (QED) is 0.0958. The van der Waals surface area contributed by atoms with Gasteiger partial charge in [0.25, 0.3) is 0 Å². The molecule has 3 fully saturated rings. The van der Waals surface area contributed by atoms with Crippen LogP contribution in [0.3, 0.4) is 0 Å². The van der Waals surface area contributed by atoms with E-state index in [-0.39, 0.29) is 47.7 Å². The minimum absolute atomic E-state index is 0.0300. The van der Waals surface area contributed by atoms with Crippen molar-refractivity contribution in [2.24, 2.45) is 17.8 Å². The number of nitrogens with one attached hydrogen (secondary N) is 4. The number of benzene rings is 3. The Morgan fingerprint density at radius 3 is 2.20 bits per heavy atom. The van der Waals surface area contributed by atoms with Crippen molar-refractivity contribution in [3.8, 4) is 28.1 Å². The molecule has 9 rings (SSSR count). The summed E-state index contributed by atoms with van der Waals surface area (Å²) in [6, 6.07) is 12.7. The maximum absolute atomic E-state index is 14.2. The van der Waals surface area contributed by atoms with Gasteiger partial charge in [-0.2, -0.15) is 0 Å². The number of ether oxygens (including phenoxy) is 4. The van der Waals surface area contributed by atoms with Crippen molar-refractivity contribution in [3.63, 3.8) is 0 Å². The molecule has 4 aliphatic rings. The van der Waals surface area contributed by atoms with Gasteiger partial charge < -0.3 is 49.3 Å². The number of fused-ring (bicyclic) bond motifs is 6. The molecule has 1 saturated carbocycles. The third-order valence-corrected chi connectivity index (χ3v) is 13.8. The number of aromatic amines is 2. The summed E-state index contributed by atoms with van der Waals surface area (Å²) >= 11 is 0. The first-order valence-electron chi connectivity index (χ1n) is 22.9. The van der Waals surface area contributed by atoms with E-state index >= 15 is 0 Å². The van der Waals surface area contributed by atoms with Crippen LogP contribution in [0.5, 0.6) is 5.75 Å². The number of rotatable bonds is 12. The molecule has 16 heteroatoms. The van der Waals surface area contributed by atoms with Gasteiger partial charge in [-0.3, -0.25) is 9.59 Å². The van der Waals surface area contributed by atoms with Crippen LogP contribution in [0, 0.1) is 17.8 Å². The van der Waals surface area contributed by atoms with E-state index in [1.54, 1.807) is 7.11 Å². The van der Waals surface area contributed by atoms with Crippen molar-refractivity contribution in [1.29, 1.82) is 0 Å². The van der Waals surface area contributed by atoms with Crippen LogP contribution >= 0.6 is 0 Å². The summed E-state index contributed by atoms with van der Waals surface area (Å²) in [5, 5.41) is 7.47. The molecule has 0 radical (unpaired) electrons. The molecule has 2 aromatic heterocycles. The lowest BCUT2D eigenvalue weighted by Crippen LogP contribution is -2.52. The maximum atomic E-state index is 14.2. The van der Waals surface area contributed by atoms with Crippen LogP contribution in [0.1, 0.15) is 108 Å². The number of hydrogen-bond donors (Lipinski definition) is 4. The minimum atomic E-state index is -0.752. The zero-order chi connectivity index (χ0) is 45.8. The normalized spacial score (nSPS) is 21.3. The van der Waals surface area contributed by atoms with Gasteiger partial charge in [-0.25, -0.2) is 19.6 Å². The van der Waals surface area contributed by atoms with Crippen molar-refractivity contribution in [1.82, 2.24) is 40.4 Å². The molecular formula is C49H60N8O8. The molecule has 2 unspecified atom stereocenters. The number of carbonyl (C=O) groups is 4. The van der Waals surface area contributed by atoms with Gasteiger partial charge in [-0.05, 0) is 91.6 Å². The third kappa shape index (κ3) is 8.25. The van der Waals surface area contributed by atoms with Crippen LogP contribution in [0.15, 0.2) is 42.5 Å². The van der Waals surface area contributed by atoms with E-state index in [1.165, 1.54) is 14.2 Å². The second-order valence-electron chi connectivity index (χ2n) is 18.9. The van der Waals surface area contributed by atoms with Gasteiger partial charge in [0.1, 0.15) is 36.1 Å². The van der Waals surface area contributed by atoms with E-state index < -0.39 is 24.3 Å². The Balaban J connectivity index is 1.01. The van der Waals surface area contributed by atoms with E-state index in [0.717, 1.165) is 92.7 Å². The molecule has 5 aromatic rings. The molecule has 344 valence electrons. The highest BCUT2D eigenvalue weighted by Gasteiger charge is 2.44. The van der Waals surface area contributed by atoms with Gasteiger partial charge in [0.15, 0.2) is 0 Å². The lowest BCUT2D eigenvalue weighted by molar-refractivity contribution is -0.137. The van der Waals surface area contributed by atoms with Crippen LogP contribution in [-0.4, -0.2) is 106 Å². The smallest absolute Gasteiger partial charge is 0.407 e. The molecule has 0 spiro atoms. The summed E-state index contributed by atoms with van der Waals surface area (Å²) in [6.45, 7) is 11.1. The van der Waals surface area contributed by atoms with Crippen LogP contribution < -0.4 is 15.4 Å². The summed E-state index contributed by atoms with van der Waals surface area (Å²) in [5.74, 6) is 2.08. The van der Waals surface area contributed by atoms with Crippen molar-refractivity contribution in [2.75, 3.05) is 34.5 Å². The van der Waals surface area contributed by atoms with Gasteiger partial charge in [-0.15, -0.1) is 0 Å². The standard InChI is InChI=1S/C49H60N8O8/c1-24(2)39(54-48(60)63-7)46(58)56-21-27(22-62-6)17-37(56)45-51-41(28-10-11-28)42(52-45)30-12-14-32-31(18-30)23-65-38-20-33-29(19-34(32)38)13-15-35-43(33)53-44(50-35)36-16-9-26(5)57(36)47(59)40(25(3)4)55-49(61)64-8/h12-15,18-20,24-28,36-37,39-40H,9-11,16-17,21-23H2,1-8H3,(H,50,53)(H,51,52)(H,54,60)(H,55,61)/t26-,27-,36?,37?,39-,40-/m0/s1. The molecule has 4 amide bonds. The minimum Gasteiger partial charge on any atom is -0.488 e. The molecule has 0 bridgehead atoms. The molecule has 65 heavy (non-hydrogen) atoms. The SMILES string of the molecule is COC[C@H]1CC(c2nc(-c3ccc4c(c3)COc3cc5c(ccc6[nH]c(C7CC[C@H](C)N7C(=O)[C@@H](NC(=O)OC)C(C)C)nc65)cc3-4)c(C3CC3)[nH]2)N(C(=O)[C@@H](NC(=O)OC)C(C)C)C1. The van der Waals surface area contributed by atoms with Crippen LogP contribution in [0.25, 0.3) is 44.2 Å². The number of nitrogens with zero attached hydrogens (tertiary/aromatic N) is 4. The number of alkyl carbamates (subject to hydrolysis) is 2. The molecule has 3 aliphatic heterocycles. The number of aromatic nitrogens is 4. The number of hydrogen-bond acceptors (Lipinski definition) is 10. The molecule has 1 aliphatic carbocycles. The zero-order valence-corrected chi connectivity index (χ0v) is 38.4. The lowest BCUT2D eigenvalue weighted by Gasteiger charge is -2.32. The first kappa shape index (κ1) is 44.1. The fourth-order valence-electron chi connectivity index (χ4n) is 10.2. The maximum Gasteiger partial charge on any atom is 0.407 e. The molecule has 6 atom stereocenters. The van der Waals surface area contributed by atoms with Crippen molar-refractivity contribution in [2.45, 2.75) is 109 Å². The lowest BCUT2D eigenvalue weighted by atomic mass is 9.92. The number of amides is 4. The van der Waals surface area contributed by atoms with Crippen molar-refractivity contribution >= 4 is 45.8 Å². The van der Waals surface area contributed by atoms with Crippen molar-refractivity contribution in [3.05, 3.63) is 65.4 Å². The Bertz CT molecular complexity index is 2650. The average molecular weight is 889 g/mol. The van der Waals surface area contributed by atoms with Crippen LogP contribution in [-0.2, 0) is 30.4 Å². The third-order valence-electron chi connectivity index (χ3n) is 13.8. The number of likely N-dealkylation sites (tertiary alicyclic amines) is 2. The fourth-order valence-corrected chi connectivity index (χ4v) is 10.2. The topological polar surface area (TPSA) is 193 Å². The predicted octanol–water partition coefficient (Wildman–Crippen LogP) is 7.89. The molecule has 4 N–H and O–H groups in total. The highest BCUT2D eigenvalue weighted by atomic mass is 16.5.